The number of aryl methyl sites for hydroxylation is 1. The smallest absolute Gasteiger partial charge is 0.280 e. The third kappa shape index (κ3) is 2.03. The van der Waals surface area contributed by atoms with Gasteiger partial charge in [-0.3, -0.25) is 9.78 Å². The Labute approximate surface area is 102 Å². The second-order valence-electron chi connectivity index (χ2n) is 4.00. The highest BCUT2D eigenvalue weighted by Gasteiger charge is 2.20. The van der Waals surface area contributed by atoms with Gasteiger partial charge in [0, 0.05) is 0 Å². The molecular weight excluding hydrogens is 238 g/mol. The predicted octanol–water partition coefficient (Wildman–Crippen LogP) is -0.982. The molecule has 5 N–H and O–H groups in total. The summed E-state index contributed by atoms with van der Waals surface area (Å²) in [7, 11) is 0. The Morgan fingerprint density at radius 2 is 1.94 bits per heavy atom. The molecule has 18 heavy (non-hydrogen) atoms. The van der Waals surface area contributed by atoms with Gasteiger partial charge in [-0.25, -0.2) is 9.97 Å². The van der Waals surface area contributed by atoms with Gasteiger partial charge in [0.1, 0.15) is 6.10 Å². The van der Waals surface area contributed by atoms with E-state index in [1.165, 1.54) is 6.92 Å². The van der Waals surface area contributed by atoms with Crippen LogP contribution >= 0.6 is 0 Å². The van der Waals surface area contributed by atoms with Gasteiger partial charge in [0.15, 0.2) is 11.2 Å². The minimum Gasteiger partial charge on any atom is -0.390 e. The van der Waals surface area contributed by atoms with E-state index in [4.69, 9.17) is 5.73 Å². The zero-order valence-corrected chi connectivity index (χ0v) is 9.88. The maximum Gasteiger partial charge on any atom is 0.280 e. The number of rotatable bonds is 2. The van der Waals surface area contributed by atoms with Crippen LogP contribution in [0.4, 0.5) is 5.95 Å². The molecule has 8 nitrogen and oxygen atoms in total. The predicted molar refractivity (Wildman–Crippen MR) is 63.7 cm³/mol. The van der Waals surface area contributed by atoms with Crippen LogP contribution < -0.4 is 11.3 Å². The number of H-pyrrole nitrogens is 1. The lowest BCUT2D eigenvalue weighted by Crippen LogP contribution is -2.20. The van der Waals surface area contributed by atoms with Gasteiger partial charge < -0.3 is 15.9 Å². The molecule has 0 fully saturated rings. The maximum atomic E-state index is 11.6. The highest BCUT2D eigenvalue weighted by Crippen LogP contribution is 2.18. The SMILES string of the molecule is Cc1nc2c(=O)[nH]c(N)nc2nc1C(O)C(C)O. The van der Waals surface area contributed by atoms with E-state index in [9.17, 15) is 15.0 Å². The first-order valence-electron chi connectivity index (χ1n) is 5.30. The lowest BCUT2D eigenvalue weighted by molar-refractivity contribution is 0.0273. The fourth-order valence-electron chi connectivity index (χ4n) is 1.58. The van der Waals surface area contributed by atoms with Crippen LogP contribution in [0.2, 0.25) is 0 Å². The number of aromatic amines is 1. The second-order valence-corrected chi connectivity index (χ2v) is 4.00. The van der Waals surface area contributed by atoms with Crippen LogP contribution in [0, 0.1) is 6.92 Å². The monoisotopic (exact) mass is 251 g/mol. The van der Waals surface area contributed by atoms with Crippen molar-refractivity contribution < 1.29 is 10.2 Å². The molecule has 2 aromatic rings. The zero-order chi connectivity index (χ0) is 13.4. The Hall–Kier alpha value is -2.06. The molecule has 0 aromatic carbocycles. The number of nitrogens with zero attached hydrogens (tertiary/aromatic N) is 3. The molecule has 0 saturated carbocycles. The van der Waals surface area contributed by atoms with Crippen LogP contribution in [0.25, 0.3) is 11.2 Å². The largest absolute Gasteiger partial charge is 0.390 e. The Morgan fingerprint density at radius 3 is 2.56 bits per heavy atom. The summed E-state index contributed by atoms with van der Waals surface area (Å²) in [6, 6.07) is 0. The van der Waals surface area contributed by atoms with E-state index in [1.54, 1.807) is 6.92 Å². The minimum atomic E-state index is -1.19. The number of aliphatic hydroxyl groups is 2. The van der Waals surface area contributed by atoms with E-state index in [-0.39, 0.29) is 22.8 Å². The lowest BCUT2D eigenvalue weighted by Gasteiger charge is -2.14. The minimum absolute atomic E-state index is 0.0385. The topological polar surface area (TPSA) is 138 Å². The summed E-state index contributed by atoms with van der Waals surface area (Å²) in [6.45, 7) is 3.01. The summed E-state index contributed by atoms with van der Waals surface area (Å²) in [5, 5.41) is 19.1. The molecule has 2 unspecified atom stereocenters. The number of anilines is 1. The molecule has 0 bridgehead atoms. The van der Waals surface area contributed by atoms with Crippen LogP contribution in [-0.2, 0) is 0 Å². The third-order valence-electron chi connectivity index (χ3n) is 2.51. The molecule has 0 amide bonds. The normalized spacial score (nSPS) is 14.7. The van der Waals surface area contributed by atoms with E-state index >= 15 is 0 Å². The number of aromatic nitrogens is 4. The van der Waals surface area contributed by atoms with E-state index in [0.717, 1.165) is 0 Å². The molecular formula is C10H13N5O3. The van der Waals surface area contributed by atoms with Crippen LogP contribution in [0.15, 0.2) is 4.79 Å². The number of hydrogen-bond acceptors (Lipinski definition) is 7. The highest BCUT2D eigenvalue weighted by atomic mass is 16.3. The Morgan fingerprint density at radius 1 is 1.28 bits per heavy atom. The number of fused-ring (bicyclic) bond motifs is 1. The summed E-state index contributed by atoms with van der Waals surface area (Å²) in [6.07, 6.45) is -2.20. The molecule has 0 saturated heterocycles. The summed E-state index contributed by atoms with van der Waals surface area (Å²) < 4.78 is 0. The maximum absolute atomic E-state index is 11.6. The molecule has 2 aromatic heterocycles. The first kappa shape index (κ1) is 12.4. The molecule has 0 aliphatic rings. The van der Waals surface area contributed by atoms with Gasteiger partial charge in [0.05, 0.1) is 17.5 Å². The van der Waals surface area contributed by atoms with Gasteiger partial charge in [-0.15, -0.1) is 0 Å². The van der Waals surface area contributed by atoms with Gasteiger partial charge in [0.2, 0.25) is 5.95 Å². The van der Waals surface area contributed by atoms with E-state index < -0.39 is 17.8 Å². The molecule has 0 aliphatic heterocycles. The summed E-state index contributed by atoms with van der Waals surface area (Å²) in [5.41, 5.74) is 5.52. The fourth-order valence-corrected chi connectivity index (χ4v) is 1.58. The van der Waals surface area contributed by atoms with E-state index in [1.807, 2.05) is 0 Å². The van der Waals surface area contributed by atoms with Crippen molar-refractivity contribution in [3.05, 3.63) is 21.7 Å². The molecule has 2 heterocycles. The number of aliphatic hydroxyl groups excluding tert-OH is 2. The molecule has 96 valence electrons. The van der Waals surface area contributed by atoms with Crippen molar-refractivity contribution in [2.75, 3.05) is 5.73 Å². The number of nitrogen functional groups attached to an aromatic ring is 1. The van der Waals surface area contributed by atoms with Gasteiger partial charge in [0.25, 0.3) is 5.56 Å². The van der Waals surface area contributed by atoms with Crippen molar-refractivity contribution in [3.63, 3.8) is 0 Å². The molecule has 0 radical (unpaired) electrons. The highest BCUT2D eigenvalue weighted by molar-refractivity contribution is 5.69. The summed E-state index contributed by atoms with van der Waals surface area (Å²) in [4.78, 5) is 25.8. The molecule has 0 aliphatic carbocycles. The fraction of sp³-hybridized carbons (Fsp3) is 0.400. The second kappa shape index (κ2) is 4.31. The molecule has 2 rings (SSSR count). The van der Waals surface area contributed by atoms with Crippen molar-refractivity contribution >= 4 is 17.1 Å². The van der Waals surface area contributed by atoms with Crippen molar-refractivity contribution in [2.45, 2.75) is 26.1 Å². The van der Waals surface area contributed by atoms with Crippen LogP contribution in [0.1, 0.15) is 24.4 Å². The van der Waals surface area contributed by atoms with Crippen LogP contribution in [-0.4, -0.2) is 36.3 Å². The first-order chi connectivity index (χ1) is 8.40. The summed E-state index contributed by atoms with van der Waals surface area (Å²) >= 11 is 0. The molecule has 2 atom stereocenters. The quantitative estimate of drug-likeness (QED) is 0.538. The van der Waals surface area contributed by atoms with Crippen molar-refractivity contribution in [1.29, 1.82) is 0 Å². The van der Waals surface area contributed by atoms with Crippen molar-refractivity contribution in [3.8, 4) is 0 Å². The number of hydrogen-bond donors (Lipinski definition) is 4. The van der Waals surface area contributed by atoms with Crippen molar-refractivity contribution in [1.82, 2.24) is 19.9 Å². The standard InChI is InChI=1S/C10H13N5O3/c1-3-5(7(17)4(2)16)13-8-6(12-3)9(18)15-10(11)14-8/h4,7,16-17H,1-2H3,(H3,11,13,14,15,18). The van der Waals surface area contributed by atoms with E-state index in [2.05, 4.69) is 19.9 Å². The number of nitrogens with two attached hydrogens (primary N) is 1. The first-order valence-corrected chi connectivity index (χ1v) is 5.30. The summed E-state index contributed by atoms with van der Waals surface area (Å²) in [5.74, 6) is -0.0804. The Bertz CT molecular complexity index is 652. The average molecular weight is 251 g/mol. The van der Waals surface area contributed by atoms with Gasteiger partial charge in [-0.2, -0.15) is 4.98 Å². The number of nitrogens with one attached hydrogen (secondary N) is 1. The zero-order valence-electron chi connectivity index (χ0n) is 9.88. The van der Waals surface area contributed by atoms with Gasteiger partial charge >= 0.3 is 0 Å². The van der Waals surface area contributed by atoms with Gasteiger partial charge in [-0.1, -0.05) is 0 Å². The Balaban J connectivity index is 2.72. The van der Waals surface area contributed by atoms with Gasteiger partial charge in [-0.05, 0) is 13.8 Å². The van der Waals surface area contributed by atoms with Crippen molar-refractivity contribution in [2.24, 2.45) is 0 Å². The van der Waals surface area contributed by atoms with E-state index in [0.29, 0.717) is 5.69 Å². The third-order valence-corrected chi connectivity index (χ3v) is 2.51. The Kier molecular flexibility index (Phi) is 2.97. The molecule has 0 spiro atoms. The lowest BCUT2D eigenvalue weighted by atomic mass is 10.1. The van der Waals surface area contributed by atoms with Crippen LogP contribution in [0.3, 0.4) is 0 Å². The van der Waals surface area contributed by atoms with Crippen LogP contribution in [0.5, 0.6) is 0 Å². The average Bonchev–Trinajstić information content (AvgIpc) is 2.28. The molecule has 8 heteroatoms.